The van der Waals surface area contributed by atoms with Crippen molar-refractivity contribution in [3.05, 3.63) is 35.9 Å². The van der Waals surface area contributed by atoms with E-state index in [9.17, 15) is 29.7 Å². The van der Waals surface area contributed by atoms with Crippen LogP contribution in [0, 0.1) is 0 Å². The number of carboxylic acids is 2. The normalized spacial score (nSPS) is 29.6. The molecule has 9 atom stereocenters. The van der Waals surface area contributed by atoms with Crippen molar-refractivity contribution >= 4 is 55.6 Å². The second-order valence-corrected chi connectivity index (χ2v) is 9.05. The Balaban J connectivity index is 0.000000283. The number of esters is 1. The van der Waals surface area contributed by atoms with E-state index < -0.39 is 42.3 Å². The van der Waals surface area contributed by atoms with Crippen molar-refractivity contribution in [3.8, 4) is 0 Å². The number of aliphatic hydroxyl groups is 5. The molecule has 13 nitrogen and oxygen atoms in total. The number of nitrogens with zero attached hydrogens (tertiary/aromatic N) is 1. The fraction of sp³-hybridized carbons (Fsp3) is 0.609. The smallest absolute Gasteiger partial charge is 0.547 e. The van der Waals surface area contributed by atoms with Crippen molar-refractivity contribution in [2.45, 2.75) is 73.6 Å². The predicted octanol–water partition coefficient (Wildman–Crippen LogP) is -5.53. The van der Waals surface area contributed by atoms with E-state index in [1.54, 1.807) is 0 Å². The minimum absolute atomic E-state index is 0. The van der Waals surface area contributed by atoms with Crippen LogP contribution in [0.5, 0.6) is 0 Å². The Morgan fingerprint density at radius 3 is 1.84 bits per heavy atom. The molecule has 3 fully saturated rings. The van der Waals surface area contributed by atoms with Crippen LogP contribution in [-0.4, -0.2) is 155 Å². The van der Waals surface area contributed by atoms with E-state index in [0.29, 0.717) is 24.3 Å². The van der Waals surface area contributed by atoms with E-state index in [0.717, 1.165) is 18.4 Å². The minimum Gasteiger partial charge on any atom is -0.547 e. The van der Waals surface area contributed by atoms with Crippen molar-refractivity contribution in [1.82, 2.24) is 4.90 Å². The summed E-state index contributed by atoms with van der Waals surface area (Å²) in [5, 5.41) is 64.3. The molecular formula is C23H29CaNO12. The Morgan fingerprint density at radius 1 is 0.973 bits per heavy atom. The van der Waals surface area contributed by atoms with Gasteiger partial charge in [-0.2, -0.15) is 0 Å². The number of epoxide rings is 1. The zero-order valence-electron chi connectivity index (χ0n) is 20.0. The van der Waals surface area contributed by atoms with Crippen LogP contribution in [0.4, 0.5) is 0 Å². The molecule has 37 heavy (non-hydrogen) atoms. The summed E-state index contributed by atoms with van der Waals surface area (Å²) in [5.41, 5.74) is 0.803. The molecule has 200 valence electrons. The van der Waals surface area contributed by atoms with E-state index in [1.165, 1.54) is 0 Å². The predicted molar refractivity (Wildman–Crippen MR) is 119 cm³/mol. The number of fused-ring (bicyclic) bond motifs is 5. The Morgan fingerprint density at radius 2 is 1.43 bits per heavy atom. The molecule has 3 heterocycles. The Kier molecular flexibility index (Phi) is 11.7. The standard InChI is InChI=1S/C17H21NO4.C6H10O8.Ca/c1-18-13-7-11(8-14(18)16-15(13)22-16)21-17(20)12(9-19)10-5-3-2-4-6-10;7-1(3(9)5(11)12)2(8)4(10)6(13)14;/h2-6,11-16,19H,7-9H2,1H3;1-4,7-10H,(H,11,12)(H,13,14);/q;;+2/p-2/t;1-,2-,3-,4+;/m.0./s1. The maximum absolute atomic E-state index is 12.4. The summed E-state index contributed by atoms with van der Waals surface area (Å²) in [5.74, 6) is -5.13. The topological polar surface area (TPSA) is 223 Å². The molecule has 3 saturated heterocycles. The van der Waals surface area contributed by atoms with Gasteiger partial charge in [-0.1, -0.05) is 30.3 Å². The Bertz CT molecular complexity index is 894. The van der Waals surface area contributed by atoms with Crippen LogP contribution in [0.25, 0.3) is 0 Å². The number of aliphatic hydroxyl groups excluding tert-OH is 5. The van der Waals surface area contributed by atoms with Crippen molar-refractivity contribution in [3.63, 3.8) is 0 Å². The number of aliphatic carboxylic acids is 2. The SMILES string of the molecule is CN1C2CC(OC(=O)C(CO)c3ccccc3)CC1C1OC12.O=C([O-])[C@@H](O)[C@@H](O)[C@H](O)[C@@H](O)C(=O)[O-].[Ca+2]. The summed E-state index contributed by atoms with van der Waals surface area (Å²) in [7, 11) is 2.13. The van der Waals surface area contributed by atoms with Crippen LogP contribution in [0.2, 0.25) is 0 Å². The first-order chi connectivity index (χ1) is 17.0. The number of carbonyl (C=O) groups is 3. The van der Waals surface area contributed by atoms with Gasteiger partial charge in [0.15, 0.2) is 0 Å². The third-order valence-electron chi connectivity index (χ3n) is 6.81. The van der Waals surface area contributed by atoms with E-state index in [4.69, 9.17) is 29.9 Å². The molecule has 4 rings (SSSR count). The van der Waals surface area contributed by atoms with Crippen LogP contribution >= 0.6 is 0 Å². The largest absolute Gasteiger partial charge is 2.00 e. The van der Waals surface area contributed by atoms with Crippen LogP contribution in [-0.2, 0) is 23.9 Å². The van der Waals surface area contributed by atoms with Crippen LogP contribution < -0.4 is 10.2 Å². The number of likely N-dealkylation sites (N-methyl/N-ethyl adjacent to an activating group) is 1. The monoisotopic (exact) mass is 551 g/mol. The van der Waals surface area contributed by atoms with E-state index in [1.807, 2.05) is 30.3 Å². The van der Waals surface area contributed by atoms with Crippen molar-refractivity contribution in [1.29, 1.82) is 0 Å². The number of piperidine rings is 1. The van der Waals surface area contributed by atoms with Gasteiger partial charge in [-0.15, -0.1) is 0 Å². The van der Waals surface area contributed by atoms with E-state index in [2.05, 4.69) is 11.9 Å². The van der Waals surface area contributed by atoms with Gasteiger partial charge in [-0.05, 0) is 12.6 Å². The molecule has 1 aromatic carbocycles. The summed E-state index contributed by atoms with van der Waals surface area (Å²) < 4.78 is 11.4. The molecule has 0 radical (unpaired) electrons. The summed E-state index contributed by atoms with van der Waals surface area (Å²) in [6, 6.07) is 10.1. The molecular weight excluding hydrogens is 522 g/mol. The van der Waals surface area contributed by atoms with Gasteiger partial charge < -0.3 is 54.8 Å². The maximum atomic E-state index is 12.4. The molecule has 0 saturated carbocycles. The molecule has 3 aliphatic heterocycles. The number of carbonyl (C=O) groups excluding carboxylic acids is 3. The maximum Gasteiger partial charge on any atom is 2.00 e. The fourth-order valence-electron chi connectivity index (χ4n) is 4.70. The van der Waals surface area contributed by atoms with Gasteiger partial charge in [0.1, 0.15) is 48.6 Å². The molecule has 5 unspecified atom stereocenters. The summed E-state index contributed by atoms with van der Waals surface area (Å²) in [6.45, 7) is -0.226. The zero-order valence-corrected chi connectivity index (χ0v) is 22.2. The third-order valence-corrected chi connectivity index (χ3v) is 6.81. The van der Waals surface area contributed by atoms with Gasteiger partial charge in [-0.25, -0.2) is 0 Å². The second kappa shape index (κ2) is 13.6. The first-order valence-corrected chi connectivity index (χ1v) is 11.4. The van der Waals surface area contributed by atoms with Gasteiger partial charge in [0, 0.05) is 24.9 Å². The molecule has 0 amide bonds. The van der Waals surface area contributed by atoms with Gasteiger partial charge >= 0.3 is 43.7 Å². The summed E-state index contributed by atoms with van der Waals surface area (Å²) in [4.78, 5) is 34.7. The number of benzene rings is 1. The number of carboxylic acid groups (broad SMARTS) is 2. The molecule has 1 aromatic rings. The first-order valence-electron chi connectivity index (χ1n) is 11.4. The number of rotatable bonds is 9. The number of morpholine rings is 1. The average molecular weight is 552 g/mol. The van der Waals surface area contributed by atoms with Crippen molar-refractivity contribution < 1.29 is 59.6 Å². The number of hydrogen-bond acceptors (Lipinski definition) is 13. The number of ether oxygens (including phenoxy) is 2. The summed E-state index contributed by atoms with van der Waals surface area (Å²) >= 11 is 0. The quantitative estimate of drug-likeness (QED) is 0.110. The van der Waals surface area contributed by atoms with Gasteiger partial charge in [0.05, 0.1) is 18.5 Å². The van der Waals surface area contributed by atoms with E-state index >= 15 is 0 Å². The molecule has 5 N–H and O–H groups in total. The van der Waals surface area contributed by atoms with Crippen LogP contribution in [0.15, 0.2) is 30.3 Å². The molecule has 2 bridgehead atoms. The molecule has 14 heteroatoms. The summed E-state index contributed by atoms with van der Waals surface area (Å²) in [6.07, 6.45) is -7.51. The number of hydrogen-bond donors (Lipinski definition) is 5. The molecule has 0 aliphatic carbocycles. The van der Waals surface area contributed by atoms with Crippen molar-refractivity contribution in [2.24, 2.45) is 0 Å². The zero-order chi connectivity index (χ0) is 26.7. The van der Waals surface area contributed by atoms with Crippen LogP contribution in [0.1, 0.15) is 24.3 Å². The average Bonchev–Trinajstić information content (AvgIpc) is 3.62. The fourth-order valence-corrected chi connectivity index (χ4v) is 4.70. The van der Waals surface area contributed by atoms with Crippen molar-refractivity contribution in [2.75, 3.05) is 13.7 Å². The first kappa shape index (κ1) is 31.8. The van der Waals surface area contributed by atoms with E-state index in [-0.39, 0.29) is 56.4 Å². The van der Waals surface area contributed by atoms with Gasteiger partial charge in [0.2, 0.25) is 0 Å². The Labute approximate surface area is 242 Å². The molecule has 0 aromatic heterocycles. The second-order valence-electron chi connectivity index (χ2n) is 9.05. The molecule has 3 aliphatic rings. The van der Waals surface area contributed by atoms with Gasteiger partial charge in [-0.3, -0.25) is 9.69 Å². The van der Waals surface area contributed by atoms with Gasteiger partial charge in [0.25, 0.3) is 0 Å². The Hall–Kier alpha value is -1.39. The minimum atomic E-state index is -2.50. The third kappa shape index (κ3) is 7.38. The van der Waals surface area contributed by atoms with Crippen LogP contribution in [0.3, 0.4) is 0 Å². The molecule has 0 spiro atoms.